The third-order valence-electron chi connectivity index (χ3n) is 3.76. The smallest absolute Gasteiger partial charge is 0.347 e. The number of para-hydroxylation sites is 1. The molecule has 1 heterocycles. The van der Waals surface area contributed by atoms with Crippen LogP contribution in [0, 0.1) is 0 Å². The van der Waals surface area contributed by atoms with E-state index < -0.39 is 24.3 Å². The molecule has 3 rings (SSSR count). The summed E-state index contributed by atoms with van der Waals surface area (Å²) in [7, 11) is 0. The van der Waals surface area contributed by atoms with E-state index in [1.807, 2.05) is 36.4 Å². The minimum absolute atomic E-state index is 0.0286. The molecule has 0 unspecified atom stereocenters. The molecule has 2 aromatic carbocycles. The topological polar surface area (TPSA) is 93.7 Å². The molecule has 0 spiro atoms. The van der Waals surface area contributed by atoms with Crippen LogP contribution in [0.3, 0.4) is 0 Å². The van der Waals surface area contributed by atoms with Gasteiger partial charge in [-0.15, -0.1) is 0 Å². The molecule has 0 aliphatic carbocycles. The summed E-state index contributed by atoms with van der Waals surface area (Å²) in [5.41, 5.74) is 1.36. The van der Waals surface area contributed by atoms with E-state index in [2.05, 4.69) is 10.6 Å². The minimum atomic E-state index is -0.897. The zero-order valence-electron chi connectivity index (χ0n) is 14.4. The maximum atomic E-state index is 12.2. The second-order valence-corrected chi connectivity index (χ2v) is 5.75. The van der Waals surface area contributed by atoms with E-state index in [0.29, 0.717) is 12.2 Å². The van der Waals surface area contributed by atoms with Crippen molar-refractivity contribution in [1.29, 1.82) is 0 Å². The number of hydrogen-bond acceptors (Lipinski definition) is 6. The predicted octanol–water partition coefficient (Wildman–Crippen LogP) is 1.77. The van der Waals surface area contributed by atoms with Gasteiger partial charge < -0.3 is 20.1 Å². The van der Waals surface area contributed by atoms with Gasteiger partial charge in [-0.05, 0) is 17.7 Å². The number of rotatable bonds is 7. The first kappa shape index (κ1) is 18.2. The molecule has 0 aromatic heterocycles. The van der Waals surface area contributed by atoms with Gasteiger partial charge in [0, 0.05) is 12.2 Å². The van der Waals surface area contributed by atoms with E-state index in [9.17, 15) is 14.4 Å². The molecular formula is C20H18N2O5. The molecule has 7 heteroatoms. The number of ether oxygens (including phenoxy) is 2. The number of hydrogen-bond donors (Lipinski definition) is 2. The number of amides is 1. The fourth-order valence-electron chi connectivity index (χ4n) is 2.42. The highest BCUT2D eigenvalue weighted by molar-refractivity contribution is 6.20. The molecule has 0 bridgehead atoms. The SMILES string of the molecule is O=C(COC(=O)C1=C(Nc2ccccc2)OCC1=O)NCc1ccccc1. The first-order chi connectivity index (χ1) is 13.1. The van der Waals surface area contributed by atoms with Crippen LogP contribution in [0.1, 0.15) is 5.56 Å². The summed E-state index contributed by atoms with van der Waals surface area (Å²) in [6.07, 6.45) is 0. The number of nitrogens with one attached hydrogen (secondary N) is 2. The Morgan fingerprint density at radius 3 is 2.37 bits per heavy atom. The van der Waals surface area contributed by atoms with E-state index in [0.717, 1.165) is 5.56 Å². The molecule has 2 N–H and O–H groups in total. The van der Waals surface area contributed by atoms with Crippen LogP contribution in [0.25, 0.3) is 0 Å². The monoisotopic (exact) mass is 366 g/mol. The Labute approximate surface area is 156 Å². The first-order valence-electron chi connectivity index (χ1n) is 8.33. The van der Waals surface area contributed by atoms with Crippen LogP contribution in [0.4, 0.5) is 5.69 Å². The molecule has 0 saturated carbocycles. The summed E-state index contributed by atoms with van der Waals surface area (Å²) in [5, 5.41) is 5.51. The van der Waals surface area contributed by atoms with E-state index in [1.165, 1.54) is 0 Å². The third kappa shape index (κ3) is 4.94. The normalized spacial score (nSPS) is 13.1. The number of ketones is 1. The van der Waals surface area contributed by atoms with Crippen LogP contribution >= 0.6 is 0 Å². The average molecular weight is 366 g/mol. The molecule has 0 radical (unpaired) electrons. The fourth-order valence-corrected chi connectivity index (χ4v) is 2.42. The summed E-state index contributed by atoms with van der Waals surface area (Å²) >= 11 is 0. The summed E-state index contributed by atoms with van der Waals surface area (Å²) in [4.78, 5) is 36.0. The highest BCUT2D eigenvalue weighted by Gasteiger charge is 2.32. The first-order valence-corrected chi connectivity index (χ1v) is 8.33. The van der Waals surface area contributed by atoms with Crippen LogP contribution in [0.15, 0.2) is 72.1 Å². The molecule has 0 atom stereocenters. The quantitative estimate of drug-likeness (QED) is 0.573. The number of carbonyl (C=O) groups is 3. The van der Waals surface area contributed by atoms with Gasteiger partial charge in [0.15, 0.2) is 18.8 Å². The predicted molar refractivity (Wildman–Crippen MR) is 97.3 cm³/mol. The van der Waals surface area contributed by atoms with Gasteiger partial charge >= 0.3 is 5.97 Å². The van der Waals surface area contributed by atoms with Crippen LogP contribution in [0.5, 0.6) is 0 Å². The van der Waals surface area contributed by atoms with Gasteiger partial charge in [-0.1, -0.05) is 48.5 Å². The summed E-state index contributed by atoms with van der Waals surface area (Å²) in [6, 6.07) is 18.3. The zero-order valence-corrected chi connectivity index (χ0v) is 14.4. The average Bonchev–Trinajstić information content (AvgIpc) is 3.06. The van der Waals surface area contributed by atoms with Gasteiger partial charge in [0.1, 0.15) is 0 Å². The number of carbonyl (C=O) groups excluding carboxylic acids is 3. The Morgan fingerprint density at radius 1 is 1.00 bits per heavy atom. The second kappa shape index (κ2) is 8.66. The summed E-state index contributed by atoms with van der Waals surface area (Å²) < 4.78 is 10.2. The lowest BCUT2D eigenvalue weighted by Crippen LogP contribution is -2.29. The van der Waals surface area contributed by atoms with Gasteiger partial charge in [-0.25, -0.2) is 4.79 Å². The minimum Gasteiger partial charge on any atom is -0.470 e. The molecule has 138 valence electrons. The number of esters is 1. The van der Waals surface area contributed by atoms with Crippen LogP contribution in [-0.4, -0.2) is 30.9 Å². The Bertz CT molecular complexity index is 862. The van der Waals surface area contributed by atoms with E-state index in [-0.39, 0.29) is 18.1 Å². The number of Topliss-reactive ketones (excluding diaryl/α,β-unsaturated/α-hetero) is 1. The molecule has 7 nitrogen and oxygen atoms in total. The maximum Gasteiger partial charge on any atom is 0.347 e. The Hall–Kier alpha value is -3.61. The molecule has 0 saturated heterocycles. The van der Waals surface area contributed by atoms with Crippen molar-refractivity contribution in [1.82, 2.24) is 5.32 Å². The van der Waals surface area contributed by atoms with Crippen molar-refractivity contribution in [2.75, 3.05) is 18.5 Å². The second-order valence-electron chi connectivity index (χ2n) is 5.75. The van der Waals surface area contributed by atoms with Crippen molar-refractivity contribution in [3.8, 4) is 0 Å². The molecule has 1 aliphatic heterocycles. The summed E-state index contributed by atoms with van der Waals surface area (Å²) in [6.45, 7) is -0.413. The van der Waals surface area contributed by atoms with E-state index in [4.69, 9.17) is 9.47 Å². The largest absolute Gasteiger partial charge is 0.470 e. The highest BCUT2D eigenvalue weighted by atomic mass is 16.5. The van der Waals surface area contributed by atoms with Crippen LogP contribution in [0.2, 0.25) is 0 Å². The Kier molecular flexibility index (Phi) is 5.84. The highest BCUT2D eigenvalue weighted by Crippen LogP contribution is 2.20. The Balaban J connectivity index is 1.56. The van der Waals surface area contributed by atoms with Crippen molar-refractivity contribution >= 4 is 23.3 Å². The zero-order chi connectivity index (χ0) is 19.1. The van der Waals surface area contributed by atoms with Crippen LogP contribution in [-0.2, 0) is 30.4 Å². The number of benzene rings is 2. The molecule has 0 fully saturated rings. The van der Waals surface area contributed by atoms with Gasteiger partial charge in [-0.2, -0.15) is 0 Å². The Morgan fingerprint density at radius 2 is 1.67 bits per heavy atom. The lowest BCUT2D eigenvalue weighted by atomic mass is 10.2. The molecular weight excluding hydrogens is 348 g/mol. The van der Waals surface area contributed by atoms with E-state index in [1.54, 1.807) is 24.3 Å². The van der Waals surface area contributed by atoms with Gasteiger partial charge in [0.05, 0.1) is 0 Å². The lowest BCUT2D eigenvalue weighted by Gasteiger charge is -2.09. The molecule has 27 heavy (non-hydrogen) atoms. The molecule has 2 aromatic rings. The van der Waals surface area contributed by atoms with Crippen molar-refractivity contribution in [3.05, 3.63) is 77.7 Å². The van der Waals surface area contributed by atoms with Gasteiger partial charge in [0.2, 0.25) is 11.7 Å². The van der Waals surface area contributed by atoms with Crippen LogP contribution < -0.4 is 10.6 Å². The van der Waals surface area contributed by atoms with Crippen molar-refractivity contribution in [3.63, 3.8) is 0 Å². The van der Waals surface area contributed by atoms with Crippen molar-refractivity contribution < 1.29 is 23.9 Å². The van der Waals surface area contributed by atoms with Crippen molar-refractivity contribution in [2.24, 2.45) is 0 Å². The molecule has 1 aliphatic rings. The maximum absolute atomic E-state index is 12.2. The van der Waals surface area contributed by atoms with Gasteiger partial charge in [-0.3, -0.25) is 9.59 Å². The summed E-state index contributed by atoms with van der Waals surface area (Å²) in [5.74, 6) is -1.83. The molecule has 1 amide bonds. The van der Waals surface area contributed by atoms with E-state index >= 15 is 0 Å². The number of anilines is 1. The fraction of sp³-hybridized carbons (Fsp3) is 0.150. The third-order valence-corrected chi connectivity index (χ3v) is 3.76. The lowest BCUT2D eigenvalue weighted by molar-refractivity contribution is -0.145. The van der Waals surface area contributed by atoms with Gasteiger partial charge in [0.25, 0.3) is 5.91 Å². The standard InChI is InChI=1S/C20H18N2O5/c23-16-12-26-19(22-15-9-5-2-6-10-15)18(16)20(25)27-13-17(24)21-11-14-7-3-1-4-8-14/h1-10,22H,11-13H2,(H,21,24). The van der Waals surface area contributed by atoms with Crippen molar-refractivity contribution in [2.45, 2.75) is 6.54 Å².